The van der Waals surface area contributed by atoms with E-state index < -0.39 is 0 Å². The fourth-order valence-electron chi connectivity index (χ4n) is 1.81. The number of benzene rings is 2. The van der Waals surface area contributed by atoms with Crippen LogP contribution < -0.4 is 9.64 Å². The molecule has 0 unspecified atom stereocenters. The zero-order valence-electron chi connectivity index (χ0n) is 11.7. The first-order valence-electron chi connectivity index (χ1n) is 6.23. The number of hydrogen-bond acceptors (Lipinski definition) is 3. The van der Waals surface area contributed by atoms with Crippen molar-refractivity contribution in [2.45, 2.75) is 6.92 Å². The van der Waals surface area contributed by atoms with Gasteiger partial charge in [-0.15, -0.1) is 0 Å². The Hall–Kier alpha value is -1.81. The Morgan fingerprint density at radius 2 is 1.80 bits per heavy atom. The molecule has 3 nitrogen and oxygen atoms in total. The Labute approximate surface area is 127 Å². The molecule has 2 aromatic rings. The van der Waals surface area contributed by atoms with Crippen molar-refractivity contribution in [2.24, 2.45) is 0 Å². The fourth-order valence-corrected chi connectivity index (χ4v) is 2.44. The van der Waals surface area contributed by atoms with E-state index in [-0.39, 0.29) is 5.78 Å². The van der Waals surface area contributed by atoms with Crippen LogP contribution in [0.2, 0.25) is 0 Å². The molecule has 0 N–H and O–H groups in total. The van der Waals surface area contributed by atoms with E-state index in [4.69, 9.17) is 4.74 Å². The maximum Gasteiger partial charge on any atom is 0.160 e. The largest absolute Gasteiger partial charge is 0.457 e. The first kappa shape index (κ1) is 14.6. The molecule has 0 bridgehead atoms. The Morgan fingerprint density at radius 3 is 2.40 bits per heavy atom. The molecule has 0 amide bonds. The molecular formula is C16H16BrNO2. The molecule has 0 spiro atoms. The van der Waals surface area contributed by atoms with Gasteiger partial charge in [0.25, 0.3) is 0 Å². The van der Waals surface area contributed by atoms with E-state index in [1.54, 1.807) is 25.1 Å². The summed E-state index contributed by atoms with van der Waals surface area (Å²) in [6.07, 6.45) is 0. The zero-order valence-corrected chi connectivity index (χ0v) is 13.3. The number of ether oxygens (including phenoxy) is 1. The Kier molecular flexibility index (Phi) is 4.45. The van der Waals surface area contributed by atoms with Gasteiger partial charge in [-0.2, -0.15) is 0 Å². The van der Waals surface area contributed by atoms with Gasteiger partial charge in [0.2, 0.25) is 0 Å². The Balaban J connectivity index is 2.24. The van der Waals surface area contributed by atoms with Crippen LogP contribution in [0.15, 0.2) is 46.9 Å². The summed E-state index contributed by atoms with van der Waals surface area (Å²) in [4.78, 5) is 13.4. The highest BCUT2D eigenvalue weighted by Gasteiger charge is 2.07. The maximum absolute atomic E-state index is 11.4. The van der Waals surface area contributed by atoms with Crippen molar-refractivity contribution >= 4 is 27.4 Å². The van der Waals surface area contributed by atoms with Crippen LogP contribution in [0, 0.1) is 0 Å². The van der Waals surface area contributed by atoms with Crippen LogP contribution in [-0.4, -0.2) is 19.9 Å². The standard InChI is InChI=1S/C16H16BrNO2/c1-11(19)15-8-7-14(10-16(15)17)20-13-6-4-5-12(9-13)18(2)3/h4-10H,1-3H3. The number of carbonyl (C=O) groups is 1. The Morgan fingerprint density at radius 1 is 1.10 bits per heavy atom. The molecule has 0 saturated heterocycles. The highest BCUT2D eigenvalue weighted by Crippen LogP contribution is 2.29. The molecule has 2 rings (SSSR count). The summed E-state index contributed by atoms with van der Waals surface area (Å²) in [5.74, 6) is 1.48. The summed E-state index contributed by atoms with van der Waals surface area (Å²) >= 11 is 3.39. The average Bonchev–Trinajstić information content (AvgIpc) is 2.38. The van der Waals surface area contributed by atoms with Gasteiger partial charge in [0.05, 0.1) is 0 Å². The van der Waals surface area contributed by atoms with Crippen LogP contribution in [-0.2, 0) is 0 Å². The quantitative estimate of drug-likeness (QED) is 0.771. The fraction of sp³-hybridized carbons (Fsp3) is 0.188. The summed E-state index contributed by atoms with van der Waals surface area (Å²) < 4.78 is 6.56. The Bertz CT molecular complexity index is 638. The van der Waals surface area contributed by atoms with Crippen molar-refractivity contribution in [1.82, 2.24) is 0 Å². The molecular weight excluding hydrogens is 318 g/mol. The molecule has 0 fully saturated rings. The number of Topliss-reactive ketones (excluding diaryl/α,β-unsaturated/α-hetero) is 1. The smallest absolute Gasteiger partial charge is 0.160 e. The van der Waals surface area contributed by atoms with E-state index in [2.05, 4.69) is 15.9 Å². The number of anilines is 1. The van der Waals surface area contributed by atoms with Crippen LogP contribution >= 0.6 is 15.9 Å². The average molecular weight is 334 g/mol. The van der Waals surface area contributed by atoms with Gasteiger partial charge in [0.1, 0.15) is 11.5 Å². The van der Waals surface area contributed by atoms with Gasteiger partial charge in [-0.25, -0.2) is 0 Å². The van der Waals surface area contributed by atoms with Crippen LogP contribution in [0.3, 0.4) is 0 Å². The second-order valence-corrected chi connectivity index (χ2v) is 5.55. The monoisotopic (exact) mass is 333 g/mol. The third kappa shape index (κ3) is 3.39. The SMILES string of the molecule is CC(=O)c1ccc(Oc2cccc(N(C)C)c2)cc1Br. The number of halogens is 1. The highest BCUT2D eigenvalue weighted by atomic mass is 79.9. The minimum Gasteiger partial charge on any atom is -0.457 e. The first-order valence-corrected chi connectivity index (χ1v) is 7.02. The molecule has 4 heteroatoms. The van der Waals surface area contributed by atoms with Gasteiger partial charge in [0.15, 0.2) is 5.78 Å². The van der Waals surface area contributed by atoms with Crippen molar-refractivity contribution in [1.29, 1.82) is 0 Å². The van der Waals surface area contributed by atoms with Gasteiger partial charge < -0.3 is 9.64 Å². The van der Waals surface area contributed by atoms with Crippen molar-refractivity contribution in [3.05, 3.63) is 52.5 Å². The third-order valence-electron chi connectivity index (χ3n) is 2.89. The lowest BCUT2D eigenvalue weighted by molar-refractivity contribution is 0.101. The summed E-state index contributed by atoms with van der Waals surface area (Å²) in [5.41, 5.74) is 1.72. The molecule has 0 radical (unpaired) electrons. The minimum absolute atomic E-state index is 0.0260. The van der Waals surface area contributed by atoms with Gasteiger partial charge in [-0.3, -0.25) is 4.79 Å². The topological polar surface area (TPSA) is 29.5 Å². The maximum atomic E-state index is 11.4. The summed E-state index contributed by atoms with van der Waals surface area (Å²) in [6.45, 7) is 1.54. The molecule has 104 valence electrons. The van der Waals surface area contributed by atoms with E-state index in [0.717, 1.165) is 15.9 Å². The summed E-state index contributed by atoms with van der Waals surface area (Å²) in [6, 6.07) is 13.2. The number of ketones is 1. The molecule has 0 aromatic heterocycles. The molecule has 0 aliphatic heterocycles. The van der Waals surface area contributed by atoms with Gasteiger partial charge >= 0.3 is 0 Å². The van der Waals surface area contributed by atoms with E-state index in [1.165, 1.54) is 0 Å². The second kappa shape index (κ2) is 6.09. The van der Waals surface area contributed by atoms with E-state index in [0.29, 0.717) is 11.3 Å². The number of carbonyl (C=O) groups excluding carboxylic acids is 1. The lowest BCUT2D eigenvalue weighted by Gasteiger charge is -2.14. The van der Waals surface area contributed by atoms with Crippen LogP contribution in [0.1, 0.15) is 17.3 Å². The second-order valence-electron chi connectivity index (χ2n) is 4.69. The van der Waals surface area contributed by atoms with Crippen LogP contribution in [0.4, 0.5) is 5.69 Å². The molecule has 0 aliphatic carbocycles. The minimum atomic E-state index is 0.0260. The molecule has 0 atom stereocenters. The third-order valence-corrected chi connectivity index (χ3v) is 3.55. The molecule has 0 aliphatic rings. The molecule has 2 aromatic carbocycles. The predicted octanol–water partition coefficient (Wildman–Crippen LogP) is 4.51. The first-order chi connectivity index (χ1) is 9.47. The summed E-state index contributed by atoms with van der Waals surface area (Å²) in [5, 5.41) is 0. The lowest BCUT2D eigenvalue weighted by atomic mass is 10.1. The van der Waals surface area contributed by atoms with Crippen molar-refractivity contribution in [2.75, 3.05) is 19.0 Å². The van der Waals surface area contributed by atoms with Crippen molar-refractivity contribution in [3.63, 3.8) is 0 Å². The highest BCUT2D eigenvalue weighted by molar-refractivity contribution is 9.10. The van der Waals surface area contributed by atoms with Crippen molar-refractivity contribution < 1.29 is 9.53 Å². The van der Waals surface area contributed by atoms with Crippen LogP contribution in [0.25, 0.3) is 0 Å². The van der Waals surface area contributed by atoms with Crippen molar-refractivity contribution in [3.8, 4) is 11.5 Å². The number of hydrogen-bond donors (Lipinski definition) is 0. The molecule has 20 heavy (non-hydrogen) atoms. The molecule has 0 saturated carbocycles. The predicted molar refractivity (Wildman–Crippen MR) is 85.0 cm³/mol. The lowest BCUT2D eigenvalue weighted by Crippen LogP contribution is -2.08. The van der Waals surface area contributed by atoms with E-state index in [9.17, 15) is 4.79 Å². The van der Waals surface area contributed by atoms with Gasteiger partial charge in [0, 0.05) is 35.9 Å². The number of nitrogens with zero attached hydrogens (tertiary/aromatic N) is 1. The summed E-state index contributed by atoms with van der Waals surface area (Å²) in [7, 11) is 3.97. The van der Waals surface area contributed by atoms with E-state index >= 15 is 0 Å². The zero-order chi connectivity index (χ0) is 14.7. The van der Waals surface area contributed by atoms with Gasteiger partial charge in [-0.1, -0.05) is 6.07 Å². The normalized spacial score (nSPS) is 10.2. The van der Waals surface area contributed by atoms with Gasteiger partial charge in [-0.05, 0) is 53.2 Å². The van der Waals surface area contributed by atoms with Crippen LogP contribution in [0.5, 0.6) is 11.5 Å². The number of rotatable bonds is 4. The molecule has 0 heterocycles. The van der Waals surface area contributed by atoms with E-state index in [1.807, 2.05) is 43.3 Å².